The molecule has 2 heteroatoms. The number of rotatable bonds is 2. The van der Waals surface area contributed by atoms with Gasteiger partial charge in [-0.2, -0.15) is 0 Å². The molecule has 1 fully saturated rings. The van der Waals surface area contributed by atoms with Crippen LogP contribution in [0.3, 0.4) is 0 Å². The van der Waals surface area contributed by atoms with Crippen molar-refractivity contribution in [3.8, 4) is 0 Å². The lowest BCUT2D eigenvalue weighted by atomic mass is 9.93. The number of aromatic nitrogens is 1. The fraction of sp³-hybridized carbons (Fsp3) is 0.400. The quantitative estimate of drug-likeness (QED) is 0.851. The summed E-state index contributed by atoms with van der Waals surface area (Å²) in [5.74, 6) is 0.810. The second-order valence-electron chi connectivity index (χ2n) is 4.89. The highest BCUT2D eigenvalue weighted by molar-refractivity contribution is 5.78. The van der Waals surface area contributed by atoms with Crippen molar-refractivity contribution in [3.63, 3.8) is 0 Å². The van der Waals surface area contributed by atoms with E-state index >= 15 is 0 Å². The Morgan fingerprint density at radius 3 is 2.76 bits per heavy atom. The van der Waals surface area contributed by atoms with E-state index < -0.39 is 0 Å². The van der Waals surface area contributed by atoms with Crippen LogP contribution in [0, 0.1) is 5.92 Å². The zero-order chi connectivity index (χ0) is 11.5. The number of hydrogen-bond acceptors (Lipinski definition) is 2. The summed E-state index contributed by atoms with van der Waals surface area (Å²) in [6.45, 7) is 2.33. The third kappa shape index (κ3) is 2.47. The van der Waals surface area contributed by atoms with Gasteiger partial charge in [-0.05, 0) is 50.4 Å². The van der Waals surface area contributed by atoms with Crippen molar-refractivity contribution in [1.82, 2.24) is 10.3 Å². The lowest BCUT2D eigenvalue weighted by Crippen LogP contribution is -2.28. The first-order chi connectivity index (χ1) is 8.42. The van der Waals surface area contributed by atoms with E-state index in [0.717, 1.165) is 30.9 Å². The monoisotopic (exact) mass is 226 g/mol. The first kappa shape index (κ1) is 10.7. The Labute approximate surface area is 102 Å². The molecule has 0 unspecified atom stereocenters. The van der Waals surface area contributed by atoms with E-state index in [1.165, 1.54) is 23.9 Å². The molecule has 1 aromatic heterocycles. The first-order valence-electron chi connectivity index (χ1n) is 6.47. The summed E-state index contributed by atoms with van der Waals surface area (Å²) in [5.41, 5.74) is 2.37. The predicted octanol–water partition coefficient (Wildman–Crippen LogP) is 2.78. The number of piperidine rings is 1. The van der Waals surface area contributed by atoms with E-state index in [1.807, 2.05) is 0 Å². The number of benzene rings is 1. The molecule has 1 saturated heterocycles. The second kappa shape index (κ2) is 4.84. The molecule has 88 valence electrons. The van der Waals surface area contributed by atoms with Crippen LogP contribution in [-0.4, -0.2) is 18.1 Å². The van der Waals surface area contributed by atoms with Gasteiger partial charge >= 0.3 is 0 Å². The van der Waals surface area contributed by atoms with Crippen LogP contribution in [0.2, 0.25) is 0 Å². The number of pyridine rings is 1. The van der Waals surface area contributed by atoms with E-state index in [4.69, 9.17) is 4.98 Å². The van der Waals surface area contributed by atoms with Gasteiger partial charge in [-0.1, -0.05) is 24.3 Å². The lowest BCUT2D eigenvalue weighted by molar-refractivity contribution is 0.370. The molecule has 0 spiro atoms. The maximum absolute atomic E-state index is 4.75. The van der Waals surface area contributed by atoms with Gasteiger partial charge in [0.1, 0.15) is 0 Å². The summed E-state index contributed by atoms with van der Waals surface area (Å²) in [6, 6.07) is 12.7. The molecule has 0 bridgehead atoms. The van der Waals surface area contributed by atoms with Gasteiger partial charge in [0, 0.05) is 11.1 Å². The molecule has 2 nitrogen and oxygen atoms in total. The van der Waals surface area contributed by atoms with Crippen molar-refractivity contribution in [2.45, 2.75) is 19.3 Å². The van der Waals surface area contributed by atoms with Crippen LogP contribution in [0.1, 0.15) is 18.5 Å². The van der Waals surface area contributed by atoms with Gasteiger partial charge in [-0.3, -0.25) is 4.98 Å². The first-order valence-corrected chi connectivity index (χ1v) is 6.47. The van der Waals surface area contributed by atoms with Crippen LogP contribution in [0.15, 0.2) is 36.4 Å². The minimum absolute atomic E-state index is 0.810. The molecule has 1 aliphatic rings. The van der Waals surface area contributed by atoms with E-state index in [0.29, 0.717) is 0 Å². The summed E-state index contributed by atoms with van der Waals surface area (Å²) in [7, 11) is 0. The zero-order valence-corrected chi connectivity index (χ0v) is 10.0. The highest BCUT2D eigenvalue weighted by atomic mass is 14.9. The average molecular weight is 226 g/mol. The molecule has 0 amide bonds. The number of fused-ring (bicyclic) bond motifs is 1. The Bertz CT molecular complexity index is 501. The van der Waals surface area contributed by atoms with E-state index in [-0.39, 0.29) is 0 Å². The van der Waals surface area contributed by atoms with E-state index in [2.05, 4.69) is 41.7 Å². The molecule has 0 aliphatic carbocycles. The maximum Gasteiger partial charge on any atom is 0.0705 e. The highest BCUT2D eigenvalue weighted by Gasteiger charge is 2.14. The van der Waals surface area contributed by atoms with Gasteiger partial charge in [0.25, 0.3) is 0 Å². The number of nitrogens with one attached hydrogen (secondary N) is 1. The van der Waals surface area contributed by atoms with Crippen LogP contribution < -0.4 is 5.32 Å². The molecule has 0 saturated carbocycles. The SMILES string of the molecule is c1ccc2nc(CC3CCNCC3)ccc2c1. The largest absolute Gasteiger partial charge is 0.317 e. The predicted molar refractivity (Wildman–Crippen MR) is 71.0 cm³/mol. The average Bonchev–Trinajstić information content (AvgIpc) is 2.40. The minimum atomic E-state index is 0.810. The Morgan fingerprint density at radius 2 is 1.88 bits per heavy atom. The van der Waals surface area contributed by atoms with Crippen LogP contribution in [0.25, 0.3) is 10.9 Å². The normalized spacial score (nSPS) is 17.4. The molecule has 3 rings (SSSR count). The van der Waals surface area contributed by atoms with Crippen LogP contribution >= 0.6 is 0 Å². The molecule has 2 aromatic rings. The van der Waals surface area contributed by atoms with Crippen molar-refractivity contribution < 1.29 is 0 Å². The Kier molecular flexibility index (Phi) is 3.06. The highest BCUT2D eigenvalue weighted by Crippen LogP contribution is 2.19. The van der Waals surface area contributed by atoms with Crippen LogP contribution in [-0.2, 0) is 6.42 Å². The topological polar surface area (TPSA) is 24.9 Å². The fourth-order valence-electron chi connectivity index (χ4n) is 2.60. The van der Waals surface area contributed by atoms with Gasteiger partial charge in [-0.25, -0.2) is 0 Å². The molecule has 2 heterocycles. The third-order valence-corrected chi connectivity index (χ3v) is 3.61. The lowest BCUT2D eigenvalue weighted by Gasteiger charge is -2.22. The second-order valence-corrected chi connectivity index (χ2v) is 4.89. The Hall–Kier alpha value is -1.41. The van der Waals surface area contributed by atoms with Gasteiger partial charge in [0.05, 0.1) is 5.52 Å². The van der Waals surface area contributed by atoms with E-state index in [9.17, 15) is 0 Å². The molecule has 1 aliphatic heterocycles. The van der Waals surface area contributed by atoms with Crippen molar-refractivity contribution >= 4 is 10.9 Å². The standard InChI is InChI=1S/C15H18N2/c1-2-4-15-13(3-1)5-6-14(17-15)11-12-7-9-16-10-8-12/h1-6,12,16H,7-11H2. The van der Waals surface area contributed by atoms with E-state index in [1.54, 1.807) is 0 Å². The molecule has 17 heavy (non-hydrogen) atoms. The zero-order valence-electron chi connectivity index (χ0n) is 10.0. The number of nitrogens with zero attached hydrogens (tertiary/aromatic N) is 1. The van der Waals surface area contributed by atoms with Gasteiger partial charge in [-0.15, -0.1) is 0 Å². The van der Waals surface area contributed by atoms with Crippen molar-refractivity contribution in [3.05, 3.63) is 42.1 Å². The fourth-order valence-corrected chi connectivity index (χ4v) is 2.60. The van der Waals surface area contributed by atoms with Crippen molar-refractivity contribution in [1.29, 1.82) is 0 Å². The summed E-state index contributed by atoms with van der Waals surface area (Å²) >= 11 is 0. The summed E-state index contributed by atoms with van der Waals surface area (Å²) < 4.78 is 0. The van der Waals surface area contributed by atoms with Gasteiger partial charge in [0.15, 0.2) is 0 Å². The van der Waals surface area contributed by atoms with Crippen LogP contribution in [0.4, 0.5) is 0 Å². The maximum atomic E-state index is 4.75. The van der Waals surface area contributed by atoms with Gasteiger partial charge in [0.2, 0.25) is 0 Å². The Balaban J connectivity index is 1.80. The molecule has 0 radical (unpaired) electrons. The van der Waals surface area contributed by atoms with Gasteiger partial charge < -0.3 is 5.32 Å². The smallest absolute Gasteiger partial charge is 0.0705 e. The molecular formula is C15H18N2. The molecular weight excluding hydrogens is 208 g/mol. The third-order valence-electron chi connectivity index (χ3n) is 3.61. The van der Waals surface area contributed by atoms with Crippen molar-refractivity contribution in [2.24, 2.45) is 5.92 Å². The van der Waals surface area contributed by atoms with Crippen molar-refractivity contribution in [2.75, 3.05) is 13.1 Å². The summed E-state index contributed by atoms with van der Waals surface area (Å²) in [5, 5.41) is 4.65. The Morgan fingerprint density at radius 1 is 1.06 bits per heavy atom. The number of para-hydroxylation sites is 1. The summed E-state index contributed by atoms with van der Waals surface area (Å²) in [4.78, 5) is 4.75. The summed E-state index contributed by atoms with van der Waals surface area (Å²) in [6.07, 6.45) is 3.70. The number of hydrogen-bond donors (Lipinski definition) is 1. The molecule has 0 atom stereocenters. The van der Waals surface area contributed by atoms with Crippen LogP contribution in [0.5, 0.6) is 0 Å². The molecule has 1 N–H and O–H groups in total. The molecule has 1 aromatic carbocycles. The minimum Gasteiger partial charge on any atom is -0.317 e.